The van der Waals surface area contributed by atoms with Gasteiger partial charge in [-0.05, 0) is 102 Å². The summed E-state index contributed by atoms with van der Waals surface area (Å²) in [5.74, 6) is 3.05. The van der Waals surface area contributed by atoms with E-state index in [1.807, 2.05) is 0 Å². The fraction of sp³-hybridized carbons (Fsp3) is 0.750. The molecule has 1 aromatic carbocycles. The number of nitrogens with zero attached hydrogens (tertiary/aromatic N) is 2. The van der Waals surface area contributed by atoms with Crippen molar-refractivity contribution in [1.29, 1.82) is 0 Å². The van der Waals surface area contributed by atoms with Crippen molar-refractivity contribution in [1.82, 2.24) is 0 Å². The Morgan fingerprint density at radius 3 is 1.36 bits per heavy atom. The number of anilines is 2. The molecule has 6 atom stereocenters. The molecular weight excluding hydrogens is 444 g/mol. The molecule has 3 rings (SSSR count). The number of ketones is 2. The molecule has 0 aliphatic heterocycles. The highest BCUT2D eigenvalue weighted by Crippen LogP contribution is 2.49. The van der Waals surface area contributed by atoms with E-state index in [1.165, 1.54) is 0 Å². The summed E-state index contributed by atoms with van der Waals surface area (Å²) in [6, 6.07) is 8.62. The predicted octanol–water partition coefficient (Wildman–Crippen LogP) is 7.40. The lowest BCUT2D eigenvalue weighted by Gasteiger charge is -2.53. The lowest BCUT2D eigenvalue weighted by Crippen LogP contribution is -2.57. The molecule has 6 unspecified atom stereocenters. The average molecular weight is 497 g/mol. The molecule has 1 aromatic rings. The molecule has 0 spiro atoms. The molecule has 2 aliphatic carbocycles. The van der Waals surface area contributed by atoms with Crippen LogP contribution in [0.4, 0.5) is 11.4 Å². The molecule has 0 saturated heterocycles. The molecule has 0 bridgehead atoms. The van der Waals surface area contributed by atoms with E-state index in [0.29, 0.717) is 35.2 Å². The van der Waals surface area contributed by atoms with Gasteiger partial charge in [0.15, 0.2) is 0 Å². The Labute approximate surface area is 221 Å². The molecule has 2 fully saturated rings. The molecule has 36 heavy (non-hydrogen) atoms. The summed E-state index contributed by atoms with van der Waals surface area (Å²) in [5.41, 5.74) is 1.85. The monoisotopic (exact) mass is 496 g/mol. The fourth-order valence-corrected chi connectivity index (χ4v) is 7.46. The van der Waals surface area contributed by atoms with Gasteiger partial charge in [-0.1, -0.05) is 39.8 Å². The highest BCUT2D eigenvalue weighted by molar-refractivity contribution is 5.83. The first-order valence-electron chi connectivity index (χ1n) is 14.3. The zero-order chi connectivity index (χ0) is 27.0. The zero-order valence-electron chi connectivity index (χ0n) is 24.7. The van der Waals surface area contributed by atoms with Crippen LogP contribution in [0.25, 0.3) is 0 Å². The molecule has 2 saturated carbocycles. The molecule has 0 radical (unpaired) electrons. The molecule has 0 heterocycles. The molecule has 4 nitrogen and oxygen atoms in total. The summed E-state index contributed by atoms with van der Waals surface area (Å²) in [7, 11) is 4.36. The first-order valence-corrected chi connectivity index (χ1v) is 14.3. The smallest absolute Gasteiger partial charge is 0.135 e. The van der Waals surface area contributed by atoms with E-state index in [4.69, 9.17) is 0 Å². The number of para-hydroxylation sites is 2. The summed E-state index contributed by atoms with van der Waals surface area (Å²) in [4.78, 5) is 30.7. The van der Waals surface area contributed by atoms with E-state index in [0.717, 1.165) is 49.9 Å². The van der Waals surface area contributed by atoms with E-state index in [2.05, 4.69) is 89.7 Å². The fourth-order valence-electron chi connectivity index (χ4n) is 7.46. The number of Topliss-reactive ketones (excluding diaryl/α,β-unsaturated/α-hetero) is 2. The molecule has 0 N–H and O–H groups in total. The quantitative estimate of drug-likeness (QED) is 0.376. The minimum Gasteiger partial charge on any atom is -0.367 e. The molecule has 202 valence electrons. The van der Waals surface area contributed by atoms with Crippen molar-refractivity contribution in [3.05, 3.63) is 24.3 Å². The summed E-state index contributed by atoms with van der Waals surface area (Å²) in [6.45, 7) is 17.3. The first kappa shape index (κ1) is 28.7. The molecule has 0 aromatic heterocycles. The van der Waals surface area contributed by atoms with Crippen molar-refractivity contribution < 1.29 is 9.59 Å². The summed E-state index contributed by atoms with van der Waals surface area (Å²) in [5, 5.41) is 0. The van der Waals surface area contributed by atoms with Gasteiger partial charge in [-0.3, -0.25) is 9.59 Å². The van der Waals surface area contributed by atoms with Gasteiger partial charge < -0.3 is 9.80 Å². The third-order valence-electron chi connectivity index (χ3n) is 10.6. The maximum Gasteiger partial charge on any atom is 0.135 e. The largest absolute Gasteiger partial charge is 0.367 e. The second-order valence-electron chi connectivity index (χ2n) is 13.2. The number of carbonyl (C=O) groups is 2. The average Bonchev–Trinajstić information content (AvgIpc) is 2.82. The second-order valence-corrected chi connectivity index (χ2v) is 13.2. The Bertz CT molecular complexity index is 865. The van der Waals surface area contributed by atoms with Gasteiger partial charge in [0.05, 0.1) is 11.4 Å². The first-order chi connectivity index (χ1) is 16.7. The standard InChI is InChI=1S/C32H52N2O2/c1-21(2)25-15-17-31(7,27(19-25)23(5)35)33(9)29-13-11-12-14-30(29)34(10)32(8)18-16-26(22(3)4)20-28(32)24(6)36/h11-14,21-22,25-28H,15-20H2,1-10H3. The topological polar surface area (TPSA) is 40.6 Å². The van der Waals surface area contributed by atoms with Crippen LogP contribution in [0.5, 0.6) is 0 Å². The van der Waals surface area contributed by atoms with Crippen LogP contribution in [0.15, 0.2) is 24.3 Å². The Hall–Kier alpha value is -1.84. The third-order valence-corrected chi connectivity index (χ3v) is 10.6. The maximum atomic E-state index is 13.0. The van der Waals surface area contributed by atoms with Crippen LogP contribution in [0, 0.1) is 35.5 Å². The van der Waals surface area contributed by atoms with Gasteiger partial charge in [0.25, 0.3) is 0 Å². The van der Waals surface area contributed by atoms with Gasteiger partial charge in [0.1, 0.15) is 11.6 Å². The Kier molecular flexibility index (Phi) is 8.68. The highest BCUT2D eigenvalue weighted by Gasteiger charge is 2.48. The molecule has 4 heteroatoms. The summed E-state index contributed by atoms with van der Waals surface area (Å²) >= 11 is 0. The Morgan fingerprint density at radius 2 is 1.08 bits per heavy atom. The minimum atomic E-state index is -0.232. The van der Waals surface area contributed by atoms with Gasteiger partial charge in [0, 0.05) is 37.0 Å². The van der Waals surface area contributed by atoms with Gasteiger partial charge in [-0.15, -0.1) is 0 Å². The lowest BCUT2D eigenvalue weighted by atomic mass is 9.64. The molecule has 2 aliphatic rings. The number of rotatable bonds is 8. The van der Waals surface area contributed by atoms with E-state index in [-0.39, 0.29) is 22.9 Å². The van der Waals surface area contributed by atoms with Crippen molar-refractivity contribution >= 4 is 22.9 Å². The van der Waals surface area contributed by atoms with Gasteiger partial charge in [-0.25, -0.2) is 0 Å². The van der Waals surface area contributed by atoms with Crippen LogP contribution < -0.4 is 9.80 Å². The van der Waals surface area contributed by atoms with E-state index >= 15 is 0 Å². The normalized spacial score (nSPS) is 33.0. The summed E-state index contributed by atoms with van der Waals surface area (Å²) < 4.78 is 0. The second kappa shape index (κ2) is 10.9. The summed E-state index contributed by atoms with van der Waals surface area (Å²) in [6.07, 6.45) is 6.26. The van der Waals surface area contributed by atoms with E-state index in [1.54, 1.807) is 13.8 Å². The zero-order valence-corrected chi connectivity index (χ0v) is 24.7. The SMILES string of the molecule is CC(=O)C1CC(C(C)C)CCC1(C)N(C)c1ccccc1N(C)C1(C)CCC(C(C)C)CC1C(C)=O. The number of carbonyl (C=O) groups excluding carboxylic acids is 2. The van der Waals surface area contributed by atoms with Crippen molar-refractivity contribution in [3.8, 4) is 0 Å². The van der Waals surface area contributed by atoms with Crippen LogP contribution >= 0.6 is 0 Å². The number of benzene rings is 1. The van der Waals surface area contributed by atoms with E-state index in [9.17, 15) is 9.59 Å². The van der Waals surface area contributed by atoms with Gasteiger partial charge >= 0.3 is 0 Å². The lowest BCUT2D eigenvalue weighted by molar-refractivity contribution is -0.125. The minimum absolute atomic E-state index is 0.0176. The van der Waals surface area contributed by atoms with Crippen LogP contribution in [0.2, 0.25) is 0 Å². The number of hydrogen-bond acceptors (Lipinski definition) is 4. The van der Waals surface area contributed by atoms with Gasteiger partial charge in [0.2, 0.25) is 0 Å². The molecule has 0 amide bonds. The van der Waals surface area contributed by atoms with Gasteiger partial charge in [-0.2, -0.15) is 0 Å². The Balaban J connectivity index is 1.99. The van der Waals surface area contributed by atoms with Crippen LogP contribution in [0.3, 0.4) is 0 Å². The van der Waals surface area contributed by atoms with Crippen molar-refractivity contribution in [2.24, 2.45) is 35.5 Å². The number of hydrogen-bond donors (Lipinski definition) is 0. The predicted molar refractivity (Wildman–Crippen MR) is 153 cm³/mol. The van der Waals surface area contributed by atoms with Crippen molar-refractivity contribution in [2.75, 3.05) is 23.9 Å². The van der Waals surface area contributed by atoms with Crippen LogP contribution in [0.1, 0.15) is 93.9 Å². The molecular formula is C32H52N2O2. The maximum absolute atomic E-state index is 13.0. The van der Waals surface area contributed by atoms with E-state index < -0.39 is 0 Å². The van der Waals surface area contributed by atoms with Crippen LogP contribution in [-0.2, 0) is 9.59 Å². The Morgan fingerprint density at radius 1 is 0.750 bits per heavy atom. The van der Waals surface area contributed by atoms with Crippen molar-refractivity contribution in [2.45, 2.75) is 105 Å². The van der Waals surface area contributed by atoms with Crippen LogP contribution in [-0.4, -0.2) is 36.7 Å². The highest BCUT2D eigenvalue weighted by atomic mass is 16.1. The third kappa shape index (κ3) is 5.24. The van der Waals surface area contributed by atoms with Crippen molar-refractivity contribution in [3.63, 3.8) is 0 Å².